The molecular weight excluding hydrogens is 357 g/mol. The van der Waals surface area contributed by atoms with Gasteiger partial charge in [0.05, 0.1) is 10.5 Å². The van der Waals surface area contributed by atoms with Crippen LogP contribution < -0.4 is 5.32 Å². The summed E-state index contributed by atoms with van der Waals surface area (Å²) < 4.78 is 13.7. The number of anilines is 1. The number of hydrogen-bond acceptors (Lipinski definition) is 2. The Labute approximate surface area is 163 Å². The maximum Gasteiger partial charge on any atom is 0.237 e. The highest BCUT2D eigenvalue weighted by atomic mass is 32.2. The zero-order chi connectivity index (χ0) is 19.2. The van der Waals surface area contributed by atoms with Crippen LogP contribution in [0.4, 0.5) is 10.1 Å². The van der Waals surface area contributed by atoms with Crippen LogP contribution in [0.15, 0.2) is 78.9 Å². The predicted octanol–water partition coefficient (Wildman–Crippen LogP) is 5.98. The summed E-state index contributed by atoms with van der Waals surface area (Å²) in [5.41, 5.74) is 3.33. The molecule has 0 aromatic heterocycles. The lowest BCUT2D eigenvalue weighted by atomic mass is 10.0. The summed E-state index contributed by atoms with van der Waals surface area (Å²) in [6, 6.07) is 25.0. The van der Waals surface area contributed by atoms with Crippen molar-refractivity contribution in [2.24, 2.45) is 0 Å². The average molecular weight is 380 g/mol. The Bertz CT molecular complexity index is 859. The molecule has 3 aromatic carbocycles. The summed E-state index contributed by atoms with van der Waals surface area (Å²) in [7, 11) is 0. The zero-order valence-electron chi connectivity index (χ0n) is 15.4. The van der Waals surface area contributed by atoms with E-state index in [-0.39, 0.29) is 22.2 Å². The highest BCUT2D eigenvalue weighted by molar-refractivity contribution is 8.01. The second-order valence-corrected chi connectivity index (χ2v) is 7.88. The summed E-state index contributed by atoms with van der Waals surface area (Å²) in [6.07, 6.45) is 0. The highest BCUT2D eigenvalue weighted by Gasteiger charge is 2.22. The van der Waals surface area contributed by atoms with Crippen molar-refractivity contribution in [1.29, 1.82) is 0 Å². The number of nitrogens with one attached hydrogen (secondary N) is 1. The van der Waals surface area contributed by atoms with E-state index < -0.39 is 0 Å². The summed E-state index contributed by atoms with van der Waals surface area (Å²) in [4.78, 5) is 12.7. The molecule has 4 heteroatoms. The fourth-order valence-electron chi connectivity index (χ4n) is 2.79. The van der Waals surface area contributed by atoms with Gasteiger partial charge in [-0.1, -0.05) is 66.7 Å². The first-order valence-electron chi connectivity index (χ1n) is 8.87. The van der Waals surface area contributed by atoms with Crippen molar-refractivity contribution in [2.45, 2.75) is 24.3 Å². The van der Waals surface area contributed by atoms with Crippen LogP contribution in [0.1, 0.15) is 28.9 Å². The zero-order valence-corrected chi connectivity index (χ0v) is 16.2. The van der Waals surface area contributed by atoms with Crippen LogP contribution in [0.3, 0.4) is 0 Å². The number of aryl methyl sites for hydroxylation is 1. The SMILES string of the molecule is Cc1ccc(NC(=O)C(C)SC(c2ccccc2)c2ccccc2)cc1F. The van der Waals surface area contributed by atoms with Crippen molar-refractivity contribution in [3.8, 4) is 0 Å². The van der Waals surface area contributed by atoms with Crippen LogP contribution in [0, 0.1) is 12.7 Å². The minimum Gasteiger partial charge on any atom is -0.325 e. The quantitative estimate of drug-likeness (QED) is 0.570. The molecular formula is C23H22FNOS. The fraction of sp³-hybridized carbons (Fsp3) is 0.174. The lowest BCUT2D eigenvalue weighted by Crippen LogP contribution is -2.23. The molecule has 0 radical (unpaired) electrons. The van der Waals surface area contributed by atoms with Gasteiger partial charge in [-0.05, 0) is 42.7 Å². The Balaban J connectivity index is 1.76. The Morgan fingerprint density at radius 3 is 2.00 bits per heavy atom. The van der Waals surface area contributed by atoms with Crippen molar-refractivity contribution in [3.63, 3.8) is 0 Å². The molecule has 3 aromatic rings. The second kappa shape index (κ2) is 8.87. The largest absolute Gasteiger partial charge is 0.325 e. The first-order chi connectivity index (χ1) is 13.0. The van der Waals surface area contributed by atoms with Crippen molar-refractivity contribution in [2.75, 3.05) is 5.32 Å². The summed E-state index contributed by atoms with van der Waals surface area (Å²) in [5, 5.41) is 2.56. The van der Waals surface area contributed by atoms with Gasteiger partial charge in [-0.15, -0.1) is 11.8 Å². The van der Waals surface area contributed by atoms with Crippen molar-refractivity contribution in [1.82, 2.24) is 0 Å². The normalized spacial score (nSPS) is 12.0. The molecule has 0 saturated heterocycles. The van der Waals surface area contributed by atoms with Crippen LogP contribution >= 0.6 is 11.8 Å². The third kappa shape index (κ3) is 4.98. The molecule has 0 aliphatic heterocycles. The van der Waals surface area contributed by atoms with E-state index in [0.29, 0.717) is 11.3 Å². The Kier molecular flexibility index (Phi) is 6.30. The van der Waals surface area contributed by atoms with Crippen LogP contribution in [0.2, 0.25) is 0 Å². The molecule has 27 heavy (non-hydrogen) atoms. The van der Waals surface area contributed by atoms with Gasteiger partial charge in [0.15, 0.2) is 0 Å². The first kappa shape index (κ1) is 19.2. The van der Waals surface area contributed by atoms with E-state index in [1.807, 2.05) is 43.3 Å². The lowest BCUT2D eigenvalue weighted by molar-refractivity contribution is -0.115. The van der Waals surface area contributed by atoms with Gasteiger partial charge in [0, 0.05) is 5.69 Å². The Hall–Kier alpha value is -2.59. The lowest BCUT2D eigenvalue weighted by Gasteiger charge is -2.21. The molecule has 138 valence electrons. The van der Waals surface area contributed by atoms with Gasteiger partial charge in [-0.25, -0.2) is 4.39 Å². The minimum absolute atomic E-state index is 0.0444. The number of benzene rings is 3. The van der Waals surface area contributed by atoms with Gasteiger partial charge >= 0.3 is 0 Å². The van der Waals surface area contributed by atoms with Gasteiger partial charge in [0.25, 0.3) is 0 Å². The molecule has 1 unspecified atom stereocenters. The van der Waals surface area contributed by atoms with Crippen LogP contribution in [0.25, 0.3) is 0 Å². The van der Waals surface area contributed by atoms with Gasteiger partial charge < -0.3 is 5.32 Å². The molecule has 0 aliphatic carbocycles. The van der Waals surface area contributed by atoms with E-state index in [2.05, 4.69) is 29.6 Å². The molecule has 0 bridgehead atoms. The molecule has 3 rings (SSSR count). The van der Waals surface area contributed by atoms with Crippen molar-refractivity contribution < 1.29 is 9.18 Å². The van der Waals surface area contributed by atoms with E-state index in [9.17, 15) is 9.18 Å². The van der Waals surface area contributed by atoms with Crippen molar-refractivity contribution in [3.05, 3.63) is 101 Å². The highest BCUT2D eigenvalue weighted by Crippen LogP contribution is 2.38. The number of carbonyl (C=O) groups is 1. The second-order valence-electron chi connectivity index (χ2n) is 6.43. The smallest absolute Gasteiger partial charge is 0.237 e. The molecule has 0 aliphatic rings. The molecule has 0 fully saturated rings. The van der Waals surface area contributed by atoms with Crippen LogP contribution in [0.5, 0.6) is 0 Å². The van der Waals surface area contributed by atoms with Crippen molar-refractivity contribution >= 4 is 23.4 Å². The summed E-state index contributed by atoms with van der Waals surface area (Å²) in [6.45, 7) is 3.58. The molecule has 1 amide bonds. The fourth-order valence-corrected chi connectivity index (χ4v) is 4.00. The van der Waals surface area contributed by atoms with Crippen LogP contribution in [-0.2, 0) is 4.79 Å². The molecule has 0 saturated carbocycles. The third-order valence-electron chi connectivity index (χ3n) is 4.35. The van der Waals surface area contributed by atoms with E-state index in [1.54, 1.807) is 30.8 Å². The number of halogens is 1. The monoisotopic (exact) mass is 379 g/mol. The van der Waals surface area contributed by atoms with E-state index >= 15 is 0 Å². The van der Waals surface area contributed by atoms with Gasteiger partial charge in [-0.3, -0.25) is 4.79 Å². The summed E-state index contributed by atoms with van der Waals surface area (Å²) in [5.74, 6) is -0.459. The number of thioether (sulfide) groups is 1. The van der Waals surface area contributed by atoms with Gasteiger partial charge in [0.2, 0.25) is 5.91 Å². The van der Waals surface area contributed by atoms with E-state index in [1.165, 1.54) is 6.07 Å². The van der Waals surface area contributed by atoms with E-state index in [4.69, 9.17) is 0 Å². The van der Waals surface area contributed by atoms with Gasteiger partial charge in [0.1, 0.15) is 5.82 Å². The Morgan fingerprint density at radius 1 is 0.926 bits per heavy atom. The molecule has 2 nitrogen and oxygen atoms in total. The number of carbonyl (C=O) groups excluding carboxylic acids is 1. The number of amides is 1. The Morgan fingerprint density at radius 2 is 1.48 bits per heavy atom. The minimum atomic E-state index is -0.320. The maximum atomic E-state index is 13.7. The van der Waals surface area contributed by atoms with Crippen LogP contribution in [-0.4, -0.2) is 11.2 Å². The predicted molar refractivity (Wildman–Crippen MR) is 112 cm³/mol. The topological polar surface area (TPSA) is 29.1 Å². The molecule has 0 spiro atoms. The number of rotatable bonds is 6. The van der Waals surface area contributed by atoms with E-state index in [0.717, 1.165) is 11.1 Å². The molecule has 1 N–H and O–H groups in total. The van der Waals surface area contributed by atoms with Gasteiger partial charge in [-0.2, -0.15) is 0 Å². The average Bonchev–Trinajstić information content (AvgIpc) is 2.70. The maximum absolute atomic E-state index is 13.7. The summed E-state index contributed by atoms with van der Waals surface area (Å²) >= 11 is 1.58. The number of hydrogen-bond donors (Lipinski definition) is 1. The molecule has 0 heterocycles. The standard InChI is InChI=1S/C23H22FNOS/c1-16-13-14-20(15-21(16)24)25-23(26)17(2)27-22(18-9-5-3-6-10-18)19-11-7-4-8-12-19/h3-15,17,22H,1-2H3,(H,25,26). The first-order valence-corrected chi connectivity index (χ1v) is 9.81. The third-order valence-corrected chi connectivity index (χ3v) is 5.79. The molecule has 1 atom stereocenters.